The first-order valence-corrected chi connectivity index (χ1v) is 11.7. The van der Waals surface area contributed by atoms with E-state index in [0.29, 0.717) is 48.6 Å². The molecule has 158 valence electrons. The van der Waals surface area contributed by atoms with Crippen LogP contribution in [0, 0.1) is 11.8 Å². The molecule has 1 aromatic heterocycles. The van der Waals surface area contributed by atoms with E-state index in [-0.39, 0.29) is 11.9 Å². The Morgan fingerprint density at radius 1 is 1.27 bits per heavy atom. The summed E-state index contributed by atoms with van der Waals surface area (Å²) in [5.74, 6) is 0.629. The molecule has 2 aliphatic carbocycles. The van der Waals surface area contributed by atoms with Crippen LogP contribution in [0.4, 0.5) is 5.00 Å². The van der Waals surface area contributed by atoms with Gasteiger partial charge in [-0.15, -0.1) is 11.3 Å². The van der Waals surface area contributed by atoms with Gasteiger partial charge in [0.15, 0.2) is 0 Å². The summed E-state index contributed by atoms with van der Waals surface area (Å²) in [6.45, 7) is 3.18. The topological polar surface area (TPSA) is 64.6 Å². The number of fused-ring (bicyclic) bond motifs is 3. The maximum absolute atomic E-state index is 13.9. The number of carbonyl (C=O) groups is 2. The summed E-state index contributed by atoms with van der Waals surface area (Å²) >= 11 is 1.46. The molecule has 2 aromatic rings. The molecule has 5 nitrogen and oxygen atoms in total. The molecule has 3 atom stereocenters. The van der Waals surface area contributed by atoms with E-state index in [9.17, 15) is 9.59 Å². The van der Waals surface area contributed by atoms with Crippen molar-refractivity contribution in [3.63, 3.8) is 0 Å². The Balaban J connectivity index is 1.53. The van der Waals surface area contributed by atoms with Crippen LogP contribution in [-0.4, -0.2) is 25.1 Å². The normalized spacial score (nSPS) is 27.0. The number of carbonyl (C=O) groups excluding carboxylic acids is 2. The summed E-state index contributed by atoms with van der Waals surface area (Å²) in [6.07, 6.45) is 4.97. The summed E-state index contributed by atoms with van der Waals surface area (Å²) in [6, 6.07) is 10.2. The number of esters is 1. The molecule has 0 saturated heterocycles. The lowest BCUT2D eigenvalue weighted by atomic mass is 9.67. The van der Waals surface area contributed by atoms with E-state index in [1.165, 1.54) is 17.8 Å². The van der Waals surface area contributed by atoms with Crippen LogP contribution in [0.3, 0.4) is 0 Å². The zero-order valence-corrected chi connectivity index (χ0v) is 18.1. The minimum absolute atomic E-state index is 0.0194. The number of thiophene rings is 1. The summed E-state index contributed by atoms with van der Waals surface area (Å²) in [4.78, 5) is 27.7. The first-order valence-electron chi connectivity index (χ1n) is 10.9. The van der Waals surface area contributed by atoms with Crippen molar-refractivity contribution in [3.8, 4) is 0 Å². The lowest BCUT2D eigenvalue weighted by Gasteiger charge is -2.36. The molecule has 5 rings (SSSR count). The van der Waals surface area contributed by atoms with Gasteiger partial charge in [0.2, 0.25) is 5.91 Å². The Morgan fingerprint density at radius 2 is 2.10 bits per heavy atom. The van der Waals surface area contributed by atoms with Crippen LogP contribution in [0.25, 0.3) is 0 Å². The van der Waals surface area contributed by atoms with Crippen LogP contribution in [-0.2, 0) is 32.7 Å². The van der Waals surface area contributed by atoms with Crippen molar-refractivity contribution in [2.75, 3.05) is 18.5 Å². The minimum atomic E-state index is -0.517. The van der Waals surface area contributed by atoms with Gasteiger partial charge in [-0.25, -0.2) is 4.79 Å². The standard InChI is InChI=1S/C24H27NO4S/c1-2-29-22(26)20-18-10-11-28-14-19(18)30-21(20)25-23(27)24(16-6-4-3-5-7-16)13-15-8-9-17(24)12-15/h3-7,15,17H,2,8-14H2,1H3,(H,25,27). The predicted octanol–water partition coefficient (Wildman–Crippen LogP) is 4.69. The zero-order valence-electron chi connectivity index (χ0n) is 17.2. The molecule has 3 unspecified atom stereocenters. The monoisotopic (exact) mass is 425 g/mol. The average Bonchev–Trinajstić information content (AvgIpc) is 3.47. The van der Waals surface area contributed by atoms with Gasteiger partial charge in [0, 0.05) is 4.88 Å². The second kappa shape index (κ2) is 7.82. The molecule has 6 heteroatoms. The third kappa shape index (κ3) is 3.08. The van der Waals surface area contributed by atoms with Crippen LogP contribution in [0.5, 0.6) is 0 Å². The van der Waals surface area contributed by atoms with Crippen molar-refractivity contribution in [2.24, 2.45) is 11.8 Å². The number of hydrogen-bond acceptors (Lipinski definition) is 5. The molecule has 1 aliphatic heterocycles. The third-order valence-electron chi connectivity index (χ3n) is 7.07. The predicted molar refractivity (Wildman–Crippen MR) is 116 cm³/mol. The number of nitrogens with one attached hydrogen (secondary N) is 1. The Bertz CT molecular complexity index is 969. The van der Waals surface area contributed by atoms with Gasteiger partial charge in [-0.1, -0.05) is 36.8 Å². The Kier molecular flexibility index (Phi) is 5.15. The van der Waals surface area contributed by atoms with Gasteiger partial charge in [-0.05, 0) is 55.6 Å². The number of amides is 1. The van der Waals surface area contributed by atoms with E-state index in [0.717, 1.165) is 35.3 Å². The van der Waals surface area contributed by atoms with Crippen molar-refractivity contribution in [1.29, 1.82) is 0 Å². The van der Waals surface area contributed by atoms with Crippen molar-refractivity contribution in [1.82, 2.24) is 0 Å². The highest BCUT2D eigenvalue weighted by molar-refractivity contribution is 7.17. The van der Waals surface area contributed by atoms with Crippen LogP contribution in [0.2, 0.25) is 0 Å². The molecule has 1 aromatic carbocycles. The molecule has 0 spiro atoms. The van der Waals surface area contributed by atoms with E-state index >= 15 is 0 Å². The van der Waals surface area contributed by atoms with E-state index in [1.54, 1.807) is 6.92 Å². The Labute approximate surface area is 180 Å². The maximum Gasteiger partial charge on any atom is 0.341 e. The second-order valence-corrected chi connectivity index (χ2v) is 9.71. The minimum Gasteiger partial charge on any atom is -0.462 e. The third-order valence-corrected chi connectivity index (χ3v) is 8.19. The number of ether oxygens (including phenoxy) is 2. The lowest BCUT2D eigenvalue weighted by molar-refractivity contribution is -0.123. The number of benzene rings is 1. The van der Waals surface area contributed by atoms with Crippen LogP contribution in [0.15, 0.2) is 30.3 Å². The van der Waals surface area contributed by atoms with Crippen LogP contribution < -0.4 is 5.32 Å². The highest BCUT2D eigenvalue weighted by atomic mass is 32.1. The molecule has 1 amide bonds. The molecular weight excluding hydrogens is 398 g/mol. The number of anilines is 1. The summed E-state index contributed by atoms with van der Waals surface area (Å²) < 4.78 is 10.9. The van der Waals surface area contributed by atoms with Gasteiger partial charge in [0.25, 0.3) is 0 Å². The van der Waals surface area contributed by atoms with Gasteiger partial charge >= 0.3 is 5.97 Å². The first kappa shape index (κ1) is 19.8. The maximum atomic E-state index is 13.9. The van der Waals surface area contributed by atoms with E-state index < -0.39 is 5.41 Å². The summed E-state index contributed by atoms with van der Waals surface area (Å²) in [5, 5.41) is 3.81. The summed E-state index contributed by atoms with van der Waals surface area (Å²) in [7, 11) is 0. The number of rotatable bonds is 5. The largest absolute Gasteiger partial charge is 0.462 e. The molecule has 2 heterocycles. The van der Waals surface area contributed by atoms with Crippen molar-refractivity contribution >= 4 is 28.2 Å². The van der Waals surface area contributed by atoms with Gasteiger partial charge in [0.1, 0.15) is 5.00 Å². The van der Waals surface area contributed by atoms with E-state index in [2.05, 4.69) is 17.4 Å². The lowest BCUT2D eigenvalue weighted by Crippen LogP contribution is -2.44. The molecule has 2 fully saturated rings. The average molecular weight is 426 g/mol. The van der Waals surface area contributed by atoms with Crippen molar-refractivity contribution in [2.45, 2.75) is 51.0 Å². The highest BCUT2D eigenvalue weighted by Gasteiger charge is 2.56. The molecule has 2 bridgehead atoms. The fourth-order valence-corrected chi connectivity index (χ4v) is 6.95. The van der Waals surface area contributed by atoms with Gasteiger partial charge in [-0.2, -0.15) is 0 Å². The van der Waals surface area contributed by atoms with Gasteiger partial charge < -0.3 is 14.8 Å². The Morgan fingerprint density at radius 3 is 2.80 bits per heavy atom. The molecule has 0 radical (unpaired) electrons. The van der Waals surface area contributed by atoms with Crippen molar-refractivity contribution in [3.05, 3.63) is 51.9 Å². The van der Waals surface area contributed by atoms with E-state index in [1.807, 2.05) is 18.2 Å². The quantitative estimate of drug-likeness (QED) is 0.706. The first-order chi connectivity index (χ1) is 14.6. The molecule has 3 aliphatic rings. The fourth-order valence-electron chi connectivity index (χ4n) is 5.78. The summed E-state index contributed by atoms with van der Waals surface area (Å²) in [5.41, 5.74) is 2.08. The van der Waals surface area contributed by atoms with E-state index in [4.69, 9.17) is 9.47 Å². The Hall–Kier alpha value is -2.18. The van der Waals surface area contributed by atoms with Crippen molar-refractivity contribution < 1.29 is 19.1 Å². The highest BCUT2D eigenvalue weighted by Crippen LogP contribution is 2.57. The smallest absolute Gasteiger partial charge is 0.341 e. The molecular formula is C24H27NO4S. The molecule has 30 heavy (non-hydrogen) atoms. The second-order valence-electron chi connectivity index (χ2n) is 8.60. The van der Waals surface area contributed by atoms with Crippen LogP contribution in [0.1, 0.15) is 59.0 Å². The SMILES string of the molecule is CCOC(=O)c1c(NC(=O)C2(c3ccccc3)CC3CCC2C3)sc2c1CCOC2. The van der Waals surface area contributed by atoms with Gasteiger partial charge in [-0.3, -0.25) is 4.79 Å². The fraction of sp³-hybridized carbons (Fsp3) is 0.500. The number of hydrogen-bond donors (Lipinski definition) is 1. The zero-order chi connectivity index (χ0) is 20.7. The molecule has 1 N–H and O–H groups in total. The molecule has 2 saturated carbocycles. The van der Waals surface area contributed by atoms with Gasteiger partial charge in [0.05, 0.1) is 30.8 Å². The van der Waals surface area contributed by atoms with Crippen LogP contribution >= 0.6 is 11.3 Å².